The number of piperazine rings is 1. The van der Waals surface area contributed by atoms with Crippen LogP contribution in [0.2, 0.25) is 0 Å². The molecule has 0 aromatic carbocycles. The number of ether oxygens (including phenoxy) is 1. The third-order valence-corrected chi connectivity index (χ3v) is 4.20. The molecule has 0 bridgehead atoms. The SMILES string of the molecule is CCN1CCN(c2ccc(CN=C(N)NC(C)COC)cn2)CC1. The van der Waals surface area contributed by atoms with Gasteiger partial charge in [0.25, 0.3) is 0 Å². The van der Waals surface area contributed by atoms with Crippen molar-refractivity contribution in [2.75, 3.05) is 51.3 Å². The predicted octanol–water partition coefficient (Wildman–Crippen LogP) is 0.663. The molecule has 1 saturated heterocycles. The van der Waals surface area contributed by atoms with Crippen molar-refractivity contribution in [2.24, 2.45) is 10.7 Å². The van der Waals surface area contributed by atoms with Crippen molar-refractivity contribution >= 4 is 11.8 Å². The van der Waals surface area contributed by atoms with Crippen LogP contribution < -0.4 is 16.0 Å². The Morgan fingerprint density at radius 2 is 2.12 bits per heavy atom. The third kappa shape index (κ3) is 5.65. The maximum atomic E-state index is 5.88. The van der Waals surface area contributed by atoms with E-state index in [2.05, 4.69) is 44.1 Å². The molecule has 2 rings (SSSR count). The Kier molecular flexibility index (Phi) is 7.27. The van der Waals surface area contributed by atoms with Crippen molar-refractivity contribution in [2.45, 2.75) is 26.4 Å². The smallest absolute Gasteiger partial charge is 0.189 e. The zero-order valence-electron chi connectivity index (χ0n) is 15.0. The zero-order valence-corrected chi connectivity index (χ0v) is 15.0. The Labute approximate surface area is 144 Å². The fourth-order valence-corrected chi connectivity index (χ4v) is 2.76. The van der Waals surface area contributed by atoms with Crippen LogP contribution >= 0.6 is 0 Å². The number of pyridine rings is 1. The Balaban J connectivity index is 1.84. The van der Waals surface area contributed by atoms with Crippen molar-refractivity contribution in [3.8, 4) is 0 Å². The summed E-state index contributed by atoms with van der Waals surface area (Å²) in [5, 5.41) is 3.09. The lowest BCUT2D eigenvalue weighted by molar-refractivity contribution is 0.179. The van der Waals surface area contributed by atoms with Crippen molar-refractivity contribution in [1.29, 1.82) is 0 Å². The molecule has 1 aromatic rings. The van der Waals surface area contributed by atoms with Gasteiger partial charge in [-0.1, -0.05) is 13.0 Å². The summed E-state index contributed by atoms with van der Waals surface area (Å²) in [5.74, 6) is 1.47. The number of aromatic nitrogens is 1. The number of rotatable bonds is 7. The number of aliphatic imine (C=N–C) groups is 1. The molecule has 2 heterocycles. The van der Waals surface area contributed by atoms with Gasteiger partial charge in [0.2, 0.25) is 0 Å². The lowest BCUT2D eigenvalue weighted by atomic mass is 10.2. The summed E-state index contributed by atoms with van der Waals surface area (Å²) in [7, 11) is 1.67. The van der Waals surface area contributed by atoms with Crippen LogP contribution in [0.3, 0.4) is 0 Å². The average Bonchev–Trinajstić information content (AvgIpc) is 2.61. The number of likely N-dealkylation sites (N-methyl/N-ethyl adjacent to an activating group) is 1. The highest BCUT2D eigenvalue weighted by Gasteiger charge is 2.16. The largest absolute Gasteiger partial charge is 0.383 e. The van der Waals surface area contributed by atoms with Gasteiger partial charge in [-0.3, -0.25) is 0 Å². The summed E-state index contributed by atoms with van der Waals surface area (Å²) < 4.78 is 5.06. The summed E-state index contributed by atoms with van der Waals surface area (Å²) in [5.41, 5.74) is 6.93. The molecule has 1 atom stereocenters. The van der Waals surface area contributed by atoms with E-state index in [0.29, 0.717) is 19.1 Å². The second-order valence-corrected chi connectivity index (χ2v) is 6.15. The third-order valence-electron chi connectivity index (χ3n) is 4.20. The summed E-state index contributed by atoms with van der Waals surface area (Å²) in [6.45, 7) is 10.7. The molecule has 134 valence electrons. The van der Waals surface area contributed by atoms with E-state index in [0.717, 1.165) is 44.1 Å². The number of hydrogen-bond donors (Lipinski definition) is 2. The number of anilines is 1. The minimum absolute atomic E-state index is 0.140. The monoisotopic (exact) mass is 334 g/mol. The second kappa shape index (κ2) is 9.44. The minimum atomic E-state index is 0.140. The molecule has 3 N–H and O–H groups in total. The lowest BCUT2D eigenvalue weighted by Gasteiger charge is -2.34. The van der Waals surface area contributed by atoms with E-state index in [1.807, 2.05) is 13.1 Å². The van der Waals surface area contributed by atoms with Gasteiger partial charge in [0.15, 0.2) is 5.96 Å². The number of methoxy groups -OCH3 is 1. The van der Waals surface area contributed by atoms with Gasteiger partial charge in [0.1, 0.15) is 5.82 Å². The topological polar surface area (TPSA) is 79.0 Å². The Morgan fingerprint density at radius 3 is 2.71 bits per heavy atom. The van der Waals surface area contributed by atoms with Crippen LogP contribution in [0, 0.1) is 0 Å². The van der Waals surface area contributed by atoms with Gasteiger partial charge >= 0.3 is 0 Å². The van der Waals surface area contributed by atoms with E-state index >= 15 is 0 Å². The molecule has 0 aliphatic carbocycles. The van der Waals surface area contributed by atoms with Crippen LogP contribution in [0.4, 0.5) is 5.82 Å². The van der Waals surface area contributed by atoms with E-state index in [9.17, 15) is 0 Å². The van der Waals surface area contributed by atoms with Gasteiger partial charge < -0.3 is 25.6 Å². The van der Waals surface area contributed by atoms with Crippen molar-refractivity contribution < 1.29 is 4.74 Å². The number of hydrogen-bond acceptors (Lipinski definition) is 5. The van der Waals surface area contributed by atoms with E-state index in [1.165, 1.54) is 0 Å². The highest BCUT2D eigenvalue weighted by atomic mass is 16.5. The van der Waals surface area contributed by atoms with Gasteiger partial charge in [0.05, 0.1) is 13.2 Å². The molecule has 1 aliphatic rings. The molecular weight excluding hydrogens is 304 g/mol. The Morgan fingerprint density at radius 1 is 1.38 bits per heavy atom. The second-order valence-electron chi connectivity index (χ2n) is 6.15. The molecule has 7 nitrogen and oxygen atoms in total. The maximum Gasteiger partial charge on any atom is 0.189 e. The normalized spacial score (nSPS) is 17.8. The predicted molar refractivity (Wildman–Crippen MR) is 98.4 cm³/mol. The number of guanidine groups is 1. The molecule has 24 heavy (non-hydrogen) atoms. The number of nitrogens with one attached hydrogen (secondary N) is 1. The lowest BCUT2D eigenvalue weighted by Crippen LogP contribution is -2.46. The van der Waals surface area contributed by atoms with Crippen molar-refractivity contribution in [1.82, 2.24) is 15.2 Å². The van der Waals surface area contributed by atoms with Gasteiger partial charge in [0, 0.05) is 45.5 Å². The Bertz CT molecular complexity index is 510. The molecule has 0 spiro atoms. The first-order valence-corrected chi connectivity index (χ1v) is 8.60. The quantitative estimate of drug-likeness (QED) is 0.563. The molecule has 0 radical (unpaired) electrons. The van der Waals surface area contributed by atoms with Crippen molar-refractivity contribution in [3.63, 3.8) is 0 Å². The first kappa shape index (κ1) is 18.5. The fraction of sp³-hybridized carbons (Fsp3) is 0.647. The van der Waals surface area contributed by atoms with Crippen LogP contribution in [-0.4, -0.2) is 68.3 Å². The highest BCUT2D eigenvalue weighted by Crippen LogP contribution is 2.14. The summed E-state index contributed by atoms with van der Waals surface area (Å²) >= 11 is 0. The number of nitrogens with zero attached hydrogens (tertiary/aromatic N) is 4. The van der Waals surface area contributed by atoms with Crippen LogP contribution in [0.15, 0.2) is 23.3 Å². The fourth-order valence-electron chi connectivity index (χ4n) is 2.76. The van der Waals surface area contributed by atoms with Gasteiger partial charge in [-0.2, -0.15) is 0 Å². The molecular formula is C17H30N6O. The summed E-state index contributed by atoms with van der Waals surface area (Å²) in [4.78, 5) is 13.7. The van der Waals surface area contributed by atoms with Crippen LogP contribution in [0.5, 0.6) is 0 Å². The van der Waals surface area contributed by atoms with Crippen LogP contribution in [0.25, 0.3) is 0 Å². The summed E-state index contributed by atoms with van der Waals surface area (Å²) in [6, 6.07) is 4.29. The van der Waals surface area contributed by atoms with E-state index in [4.69, 9.17) is 10.5 Å². The van der Waals surface area contributed by atoms with Gasteiger partial charge in [-0.25, -0.2) is 9.98 Å². The molecule has 1 unspecified atom stereocenters. The minimum Gasteiger partial charge on any atom is -0.383 e. The molecule has 7 heteroatoms. The van der Waals surface area contributed by atoms with E-state index in [-0.39, 0.29) is 6.04 Å². The van der Waals surface area contributed by atoms with Gasteiger partial charge in [-0.15, -0.1) is 0 Å². The first-order valence-electron chi connectivity index (χ1n) is 8.60. The standard InChI is InChI=1S/C17H30N6O/c1-4-22-7-9-23(10-8-22)16-6-5-15(11-19-16)12-20-17(18)21-14(2)13-24-3/h5-6,11,14H,4,7-10,12-13H2,1-3H3,(H3,18,20,21). The van der Waals surface area contributed by atoms with Crippen molar-refractivity contribution in [3.05, 3.63) is 23.9 Å². The molecule has 1 aliphatic heterocycles. The van der Waals surface area contributed by atoms with E-state index < -0.39 is 0 Å². The van der Waals surface area contributed by atoms with Crippen LogP contribution in [0.1, 0.15) is 19.4 Å². The molecule has 1 aromatic heterocycles. The Hall–Kier alpha value is -1.86. The van der Waals surface area contributed by atoms with E-state index in [1.54, 1.807) is 7.11 Å². The zero-order chi connectivity index (χ0) is 17.4. The maximum absolute atomic E-state index is 5.88. The summed E-state index contributed by atoms with van der Waals surface area (Å²) in [6.07, 6.45) is 1.89. The molecule has 1 fully saturated rings. The highest BCUT2D eigenvalue weighted by molar-refractivity contribution is 5.78. The van der Waals surface area contributed by atoms with Gasteiger partial charge in [-0.05, 0) is 25.1 Å². The molecule has 0 amide bonds. The first-order chi connectivity index (χ1) is 11.6. The average molecular weight is 334 g/mol. The van der Waals surface area contributed by atoms with Crippen LogP contribution in [-0.2, 0) is 11.3 Å². The molecule has 0 saturated carbocycles. The number of nitrogens with two attached hydrogens (primary N) is 1.